The molecule has 4 heterocycles. The molecule has 1 aromatic heterocycles. The van der Waals surface area contributed by atoms with Crippen LogP contribution in [0.15, 0.2) is 4.52 Å². The van der Waals surface area contributed by atoms with E-state index in [1.165, 1.54) is 0 Å². The van der Waals surface area contributed by atoms with E-state index in [1.54, 1.807) is 0 Å². The van der Waals surface area contributed by atoms with Crippen LogP contribution in [-0.2, 0) is 21.1 Å². The molecule has 3 fully saturated rings. The van der Waals surface area contributed by atoms with Crippen LogP contribution in [0.25, 0.3) is 0 Å². The molecule has 21 heavy (non-hydrogen) atoms. The van der Waals surface area contributed by atoms with Gasteiger partial charge in [-0.05, 0) is 25.7 Å². The van der Waals surface area contributed by atoms with E-state index < -0.39 is 9.84 Å². The quantitative estimate of drug-likeness (QED) is 0.858. The number of hydrogen-bond acceptors (Lipinski definition) is 7. The first-order chi connectivity index (χ1) is 10.1. The molecule has 0 aromatic carbocycles. The number of nitrogens with zero attached hydrogens (tertiary/aromatic N) is 2. The van der Waals surface area contributed by atoms with Crippen molar-refractivity contribution in [3.8, 4) is 0 Å². The van der Waals surface area contributed by atoms with E-state index in [4.69, 9.17) is 9.26 Å². The fourth-order valence-corrected chi connectivity index (χ4v) is 5.30. The summed E-state index contributed by atoms with van der Waals surface area (Å²) in [6.07, 6.45) is 4.47. The van der Waals surface area contributed by atoms with Crippen molar-refractivity contribution in [3.05, 3.63) is 11.7 Å². The van der Waals surface area contributed by atoms with Crippen LogP contribution in [-0.4, -0.2) is 48.3 Å². The van der Waals surface area contributed by atoms with Crippen molar-refractivity contribution in [3.63, 3.8) is 0 Å². The van der Waals surface area contributed by atoms with Crippen LogP contribution in [0.2, 0.25) is 0 Å². The van der Waals surface area contributed by atoms with Gasteiger partial charge in [-0.25, -0.2) is 8.42 Å². The molecular formula is C13H19N3O4S. The summed E-state index contributed by atoms with van der Waals surface area (Å²) in [5, 5.41) is 7.25. The smallest absolute Gasteiger partial charge is 0.240 e. The van der Waals surface area contributed by atoms with Crippen LogP contribution in [0.4, 0.5) is 0 Å². The van der Waals surface area contributed by atoms with E-state index in [9.17, 15) is 8.42 Å². The number of ether oxygens (including phenoxy) is 1. The van der Waals surface area contributed by atoms with Gasteiger partial charge < -0.3 is 14.6 Å². The Labute approximate surface area is 123 Å². The maximum atomic E-state index is 11.4. The van der Waals surface area contributed by atoms with Gasteiger partial charge in [-0.2, -0.15) is 4.98 Å². The zero-order chi connectivity index (χ0) is 14.4. The maximum Gasteiger partial charge on any atom is 0.240 e. The number of sulfone groups is 1. The third-order valence-electron chi connectivity index (χ3n) is 4.70. The Hall–Kier alpha value is -0.990. The average molecular weight is 313 g/mol. The Morgan fingerprint density at radius 2 is 2.19 bits per heavy atom. The van der Waals surface area contributed by atoms with Gasteiger partial charge in [0.15, 0.2) is 15.7 Å². The number of rotatable bonds is 4. The monoisotopic (exact) mass is 313 g/mol. The van der Waals surface area contributed by atoms with Crippen molar-refractivity contribution in [1.29, 1.82) is 0 Å². The Morgan fingerprint density at radius 3 is 2.86 bits per heavy atom. The largest absolute Gasteiger partial charge is 0.374 e. The van der Waals surface area contributed by atoms with E-state index in [0.717, 1.165) is 25.1 Å². The molecule has 0 amide bonds. The lowest BCUT2D eigenvalue weighted by atomic mass is 9.89. The van der Waals surface area contributed by atoms with Crippen molar-refractivity contribution in [2.45, 2.75) is 56.4 Å². The second-order valence-electron chi connectivity index (χ2n) is 6.24. The molecule has 116 valence electrons. The average Bonchev–Trinajstić information content (AvgIpc) is 3.19. The molecule has 4 atom stereocenters. The summed E-state index contributed by atoms with van der Waals surface area (Å²) in [7, 11) is -2.86. The first-order valence-electron chi connectivity index (χ1n) is 7.51. The number of hydrogen-bond donors (Lipinski definition) is 1. The summed E-state index contributed by atoms with van der Waals surface area (Å²) >= 11 is 0. The SMILES string of the molecule is O=S1(=O)CCC(NCc2nc(C3CC4CCC3O4)no2)C1. The molecule has 3 aliphatic rings. The zero-order valence-electron chi connectivity index (χ0n) is 11.7. The van der Waals surface area contributed by atoms with Gasteiger partial charge in [-0.1, -0.05) is 5.16 Å². The van der Waals surface area contributed by atoms with Gasteiger partial charge in [0.25, 0.3) is 0 Å². The normalized spacial score (nSPS) is 37.3. The lowest BCUT2D eigenvalue weighted by Gasteiger charge is -2.13. The molecule has 2 bridgehead atoms. The van der Waals surface area contributed by atoms with Crippen molar-refractivity contribution in [2.75, 3.05) is 11.5 Å². The van der Waals surface area contributed by atoms with Crippen molar-refractivity contribution < 1.29 is 17.7 Å². The van der Waals surface area contributed by atoms with Gasteiger partial charge in [0.05, 0.1) is 36.2 Å². The van der Waals surface area contributed by atoms with Gasteiger partial charge in [-0.15, -0.1) is 0 Å². The van der Waals surface area contributed by atoms with Gasteiger partial charge >= 0.3 is 0 Å². The number of nitrogens with one attached hydrogen (secondary N) is 1. The topological polar surface area (TPSA) is 94.3 Å². The molecule has 7 nitrogen and oxygen atoms in total. The molecule has 1 aromatic rings. The molecule has 1 N–H and O–H groups in total. The Bertz CT molecular complexity index is 629. The minimum absolute atomic E-state index is 0.00354. The molecule has 4 unspecified atom stereocenters. The second-order valence-corrected chi connectivity index (χ2v) is 8.47. The fourth-order valence-electron chi connectivity index (χ4n) is 3.59. The highest BCUT2D eigenvalue weighted by Crippen LogP contribution is 2.43. The first-order valence-corrected chi connectivity index (χ1v) is 9.33. The first kappa shape index (κ1) is 13.7. The molecule has 0 radical (unpaired) electrons. The maximum absolute atomic E-state index is 11.4. The van der Waals surface area contributed by atoms with Gasteiger partial charge in [0.2, 0.25) is 5.89 Å². The lowest BCUT2D eigenvalue weighted by Crippen LogP contribution is -2.29. The highest BCUT2D eigenvalue weighted by atomic mass is 32.2. The summed E-state index contributed by atoms with van der Waals surface area (Å²) in [6.45, 7) is 0.425. The van der Waals surface area contributed by atoms with Crippen molar-refractivity contribution >= 4 is 9.84 Å². The van der Waals surface area contributed by atoms with E-state index in [-0.39, 0.29) is 29.6 Å². The number of fused-ring (bicyclic) bond motifs is 2. The molecule has 3 saturated heterocycles. The second kappa shape index (κ2) is 5.03. The predicted octanol–water partition coefficient (Wildman–Crippen LogP) is 0.381. The van der Waals surface area contributed by atoms with Gasteiger partial charge in [-0.3, -0.25) is 0 Å². The highest BCUT2D eigenvalue weighted by Gasteiger charge is 2.43. The Morgan fingerprint density at radius 1 is 1.29 bits per heavy atom. The van der Waals surface area contributed by atoms with E-state index in [2.05, 4.69) is 15.5 Å². The summed E-state index contributed by atoms with van der Waals surface area (Å²) in [4.78, 5) is 4.44. The van der Waals surface area contributed by atoms with E-state index >= 15 is 0 Å². The molecule has 8 heteroatoms. The molecule has 3 aliphatic heterocycles. The predicted molar refractivity (Wildman–Crippen MR) is 73.4 cm³/mol. The van der Waals surface area contributed by atoms with Crippen LogP contribution in [0.1, 0.15) is 43.3 Å². The Balaban J connectivity index is 1.35. The van der Waals surface area contributed by atoms with Crippen LogP contribution in [0.5, 0.6) is 0 Å². The lowest BCUT2D eigenvalue weighted by molar-refractivity contribution is 0.0996. The van der Waals surface area contributed by atoms with E-state index in [1.807, 2.05) is 0 Å². The summed E-state index contributed by atoms with van der Waals surface area (Å²) in [5.74, 6) is 1.99. The molecule has 0 aliphatic carbocycles. The summed E-state index contributed by atoms with van der Waals surface area (Å²) in [6, 6.07) is -0.00354. The van der Waals surface area contributed by atoms with Crippen molar-refractivity contribution in [2.24, 2.45) is 0 Å². The molecular weight excluding hydrogens is 294 g/mol. The Kier molecular flexibility index (Phi) is 3.27. The standard InChI is InChI=1S/C13H19N3O4S/c17-21(18)4-3-8(7-21)14-6-12-15-13(16-20-12)10-5-9-1-2-11(10)19-9/h8-11,14H,1-7H2. The van der Waals surface area contributed by atoms with Crippen LogP contribution < -0.4 is 5.32 Å². The third kappa shape index (κ3) is 2.72. The molecule has 0 spiro atoms. The number of aromatic nitrogens is 2. The van der Waals surface area contributed by atoms with Gasteiger partial charge in [0.1, 0.15) is 0 Å². The minimum Gasteiger partial charge on any atom is -0.374 e. The summed E-state index contributed by atoms with van der Waals surface area (Å²) in [5.41, 5.74) is 0. The van der Waals surface area contributed by atoms with Crippen LogP contribution in [0.3, 0.4) is 0 Å². The molecule has 0 saturated carbocycles. The van der Waals surface area contributed by atoms with Crippen LogP contribution in [0, 0.1) is 0 Å². The zero-order valence-corrected chi connectivity index (χ0v) is 12.5. The van der Waals surface area contributed by atoms with E-state index in [0.29, 0.717) is 25.0 Å². The fraction of sp³-hybridized carbons (Fsp3) is 0.846. The highest BCUT2D eigenvalue weighted by molar-refractivity contribution is 7.91. The van der Waals surface area contributed by atoms with Gasteiger partial charge in [0, 0.05) is 6.04 Å². The summed E-state index contributed by atoms with van der Waals surface area (Å²) < 4.78 is 33.9. The third-order valence-corrected chi connectivity index (χ3v) is 6.46. The van der Waals surface area contributed by atoms with Crippen LogP contribution >= 0.6 is 0 Å². The molecule has 4 rings (SSSR count). The minimum atomic E-state index is -2.86. The van der Waals surface area contributed by atoms with Crippen molar-refractivity contribution in [1.82, 2.24) is 15.5 Å².